The van der Waals surface area contributed by atoms with E-state index in [1.807, 2.05) is 12.1 Å². The second-order valence-corrected chi connectivity index (χ2v) is 5.36. The van der Waals surface area contributed by atoms with Crippen molar-refractivity contribution in [3.63, 3.8) is 0 Å². The lowest BCUT2D eigenvalue weighted by atomic mass is 10.1. The summed E-state index contributed by atoms with van der Waals surface area (Å²) in [5.74, 6) is 0.930. The van der Waals surface area contributed by atoms with Gasteiger partial charge in [-0.1, -0.05) is 6.07 Å². The highest BCUT2D eigenvalue weighted by atomic mass is 16.3. The summed E-state index contributed by atoms with van der Waals surface area (Å²) < 4.78 is 0. The molecular formula is C14H23N3O. The fourth-order valence-corrected chi connectivity index (χ4v) is 2.58. The minimum atomic E-state index is -0.473. The van der Waals surface area contributed by atoms with Crippen molar-refractivity contribution in [1.82, 2.24) is 9.88 Å². The van der Waals surface area contributed by atoms with Gasteiger partial charge in [-0.3, -0.25) is 4.90 Å². The highest BCUT2D eigenvalue weighted by molar-refractivity contribution is 5.48. The summed E-state index contributed by atoms with van der Waals surface area (Å²) in [5, 5.41) is 9.84. The Bertz CT molecular complexity index is 396. The number of piperazine rings is 1. The normalized spacial score (nSPS) is 27.3. The molecule has 0 aromatic carbocycles. The van der Waals surface area contributed by atoms with E-state index in [0.717, 1.165) is 24.5 Å². The van der Waals surface area contributed by atoms with Crippen LogP contribution in [0.5, 0.6) is 0 Å². The molecule has 0 radical (unpaired) electrons. The molecule has 1 fully saturated rings. The van der Waals surface area contributed by atoms with Gasteiger partial charge in [0.1, 0.15) is 5.82 Å². The van der Waals surface area contributed by atoms with Crippen molar-refractivity contribution in [2.45, 2.75) is 39.0 Å². The maximum Gasteiger partial charge on any atom is 0.134 e. The minimum absolute atomic E-state index is 0.473. The first kappa shape index (κ1) is 13.3. The highest BCUT2D eigenvalue weighted by Crippen LogP contribution is 2.26. The maximum absolute atomic E-state index is 9.84. The number of aliphatic hydroxyl groups excluding tert-OH is 1. The zero-order valence-corrected chi connectivity index (χ0v) is 11.7. The van der Waals surface area contributed by atoms with E-state index in [1.54, 1.807) is 13.1 Å². The lowest BCUT2D eigenvalue weighted by Gasteiger charge is -2.43. The number of anilines is 1. The molecule has 0 bridgehead atoms. The van der Waals surface area contributed by atoms with E-state index in [0.29, 0.717) is 12.1 Å². The predicted molar refractivity (Wildman–Crippen MR) is 73.8 cm³/mol. The zero-order chi connectivity index (χ0) is 13.3. The van der Waals surface area contributed by atoms with Crippen molar-refractivity contribution >= 4 is 5.82 Å². The first-order valence-corrected chi connectivity index (χ1v) is 6.60. The molecule has 18 heavy (non-hydrogen) atoms. The first-order valence-electron chi connectivity index (χ1n) is 6.60. The van der Waals surface area contributed by atoms with Gasteiger partial charge >= 0.3 is 0 Å². The van der Waals surface area contributed by atoms with Crippen molar-refractivity contribution < 1.29 is 5.11 Å². The summed E-state index contributed by atoms with van der Waals surface area (Å²) in [6.07, 6.45) is 1.33. The van der Waals surface area contributed by atoms with Crippen LogP contribution in [0.2, 0.25) is 0 Å². The summed E-state index contributed by atoms with van der Waals surface area (Å²) in [6, 6.07) is 4.84. The summed E-state index contributed by atoms with van der Waals surface area (Å²) in [6.45, 7) is 8.17. The number of aromatic nitrogens is 1. The molecule has 2 heterocycles. The number of hydrogen-bond donors (Lipinski definition) is 1. The van der Waals surface area contributed by atoms with Crippen molar-refractivity contribution in [1.29, 1.82) is 0 Å². The van der Waals surface area contributed by atoms with E-state index in [9.17, 15) is 5.11 Å². The third kappa shape index (κ3) is 2.49. The van der Waals surface area contributed by atoms with Gasteiger partial charge in [0.15, 0.2) is 0 Å². The molecule has 1 aliphatic heterocycles. The number of aliphatic hydroxyl groups is 1. The van der Waals surface area contributed by atoms with Crippen LogP contribution >= 0.6 is 0 Å². The predicted octanol–water partition coefficient (Wildman–Crippen LogP) is 1.66. The van der Waals surface area contributed by atoms with Gasteiger partial charge in [0.2, 0.25) is 0 Å². The largest absolute Gasteiger partial charge is 0.389 e. The van der Waals surface area contributed by atoms with Crippen LogP contribution in [-0.4, -0.2) is 47.2 Å². The van der Waals surface area contributed by atoms with Crippen molar-refractivity contribution in [3.8, 4) is 0 Å². The van der Waals surface area contributed by atoms with Crippen LogP contribution in [0, 0.1) is 0 Å². The third-order valence-electron chi connectivity index (χ3n) is 3.93. The molecule has 0 spiro atoms. The molecule has 0 aliphatic carbocycles. The molecule has 1 aliphatic rings. The van der Waals surface area contributed by atoms with Crippen LogP contribution in [0.3, 0.4) is 0 Å². The van der Waals surface area contributed by atoms with Gasteiger partial charge in [0.05, 0.1) is 6.10 Å². The van der Waals surface area contributed by atoms with Gasteiger partial charge in [-0.2, -0.15) is 0 Å². The van der Waals surface area contributed by atoms with Crippen LogP contribution in [0.15, 0.2) is 18.3 Å². The Hall–Kier alpha value is -1.13. The molecule has 1 saturated heterocycles. The van der Waals surface area contributed by atoms with Gasteiger partial charge < -0.3 is 10.0 Å². The van der Waals surface area contributed by atoms with Crippen LogP contribution in [0.1, 0.15) is 32.4 Å². The molecule has 1 aromatic heterocycles. The second kappa shape index (κ2) is 5.24. The number of likely N-dealkylation sites (N-methyl/N-ethyl adjacent to an activating group) is 1. The van der Waals surface area contributed by atoms with E-state index in [1.165, 1.54) is 0 Å². The fourth-order valence-electron chi connectivity index (χ4n) is 2.58. The molecule has 4 nitrogen and oxygen atoms in total. The van der Waals surface area contributed by atoms with Crippen molar-refractivity contribution in [2.24, 2.45) is 0 Å². The molecule has 2 rings (SSSR count). The molecule has 3 unspecified atom stereocenters. The monoisotopic (exact) mass is 249 g/mol. The maximum atomic E-state index is 9.84. The average molecular weight is 249 g/mol. The number of nitrogens with zero attached hydrogens (tertiary/aromatic N) is 3. The number of pyridine rings is 1. The highest BCUT2D eigenvalue weighted by Gasteiger charge is 2.28. The third-order valence-corrected chi connectivity index (χ3v) is 3.93. The molecule has 1 aromatic rings. The van der Waals surface area contributed by atoms with E-state index in [4.69, 9.17) is 0 Å². The Morgan fingerprint density at radius 2 is 1.94 bits per heavy atom. The molecule has 4 heteroatoms. The lowest BCUT2D eigenvalue weighted by Crippen LogP contribution is -2.55. The standard InChI is InChI=1S/C14H23N3O/c1-10-8-17(9-11(2)16(10)4)14-13(12(3)18)6-5-7-15-14/h5-7,10-12,18H,8-9H2,1-4H3. The second-order valence-electron chi connectivity index (χ2n) is 5.36. The molecule has 0 amide bonds. The summed E-state index contributed by atoms with van der Waals surface area (Å²) in [4.78, 5) is 9.14. The van der Waals surface area contributed by atoms with Crippen LogP contribution in [-0.2, 0) is 0 Å². The van der Waals surface area contributed by atoms with E-state index in [-0.39, 0.29) is 0 Å². The van der Waals surface area contributed by atoms with Gasteiger partial charge in [-0.25, -0.2) is 4.98 Å². The molecular weight excluding hydrogens is 226 g/mol. The lowest BCUT2D eigenvalue weighted by molar-refractivity contribution is 0.167. The summed E-state index contributed by atoms with van der Waals surface area (Å²) >= 11 is 0. The number of hydrogen-bond acceptors (Lipinski definition) is 4. The molecule has 1 N–H and O–H groups in total. The topological polar surface area (TPSA) is 39.6 Å². The summed E-state index contributed by atoms with van der Waals surface area (Å²) in [7, 11) is 2.17. The molecule has 0 saturated carbocycles. The van der Waals surface area contributed by atoms with Gasteiger partial charge in [0.25, 0.3) is 0 Å². The SMILES string of the molecule is CC(O)c1cccnc1N1CC(C)N(C)C(C)C1. The zero-order valence-electron chi connectivity index (χ0n) is 11.7. The average Bonchev–Trinajstić information content (AvgIpc) is 2.35. The van der Waals surface area contributed by atoms with Crippen LogP contribution in [0.4, 0.5) is 5.82 Å². The Balaban J connectivity index is 2.27. The number of rotatable bonds is 2. The Morgan fingerprint density at radius 3 is 2.50 bits per heavy atom. The Morgan fingerprint density at radius 1 is 1.33 bits per heavy atom. The van der Waals surface area contributed by atoms with Gasteiger partial charge in [0, 0.05) is 36.9 Å². The van der Waals surface area contributed by atoms with Crippen molar-refractivity contribution in [2.75, 3.05) is 25.0 Å². The van der Waals surface area contributed by atoms with Gasteiger partial charge in [-0.15, -0.1) is 0 Å². The van der Waals surface area contributed by atoms with Crippen LogP contribution in [0.25, 0.3) is 0 Å². The van der Waals surface area contributed by atoms with E-state index < -0.39 is 6.10 Å². The van der Waals surface area contributed by atoms with Gasteiger partial charge in [-0.05, 0) is 33.9 Å². The van der Waals surface area contributed by atoms with E-state index >= 15 is 0 Å². The minimum Gasteiger partial charge on any atom is -0.389 e. The van der Waals surface area contributed by atoms with E-state index in [2.05, 4.69) is 35.7 Å². The molecule has 100 valence electrons. The fraction of sp³-hybridized carbons (Fsp3) is 0.643. The van der Waals surface area contributed by atoms with Crippen molar-refractivity contribution in [3.05, 3.63) is 23.9 Å². The molecule has 3 atom stereocenters. The first-order chi connectivity index (χ1) is 8.50. The quantitative estimate of drug-likeness (QED) is 0.865. The smallest absolute Gasteiger partial charge is 0.134 e. The van der Waals surface area contributed by atoms with Crippen LogP contribution < -0.4 is 4.90 Å². The Kier molecular flexibility index (Phi) is 3.88. The Labute approximate surface area is 109 Å². The summed E-state index contributed by atoms with van der Waals surface area (Å²) in [5.41, 5.74) is 0.918.